The van der Waals surface area contributed by atoms with E-state index >= 15 is 0 Å². The summed E-state index contributed by atoms with van der Waals surface area (Å²) in [6, 6.07) is 10.3. The summed E-state index contributed by atoms with van der Waals surface area (Å²) in [5.41, 5.74) is 1.85. The lowest BCUT2D eigenvalue weighted by atomic mass is 10.0. The lowest BCUT2D eigenvalue weighted by molar-refractivity contribution is -0.135. The molecule has 0 spiro atoms. The summed E-state index contributed by atoms with van der Waals surface area (Å²) in [6.07, 6.45) is 1.70. The Hall–Kier alpha value is -3.22. The van der Waals surface area contributed by atoms with Crippen LogP contribution in [0.15, 0.2) is 36.4 Å². The Bertz CT molecular complexity index is 941. The maximum absolute atomic E-state index is 12.7. The molecule has 7 nitrogen and oxygen atoms in total. The minimum Gasteiger partial charge on any atom is -0.507 e. The van der Waals surface area contributed by atoms with Crippen molar-refractivity contribution in [3.8, 4) is 17.2 Å². The molecule has 0 aromatic heterocycles. The van der Waals surface area contributed by atoms with Gasteiger partial charge in [-0.1, -0.05) is 12.1 Å². The highest BCUT2D eigenvalue weighted by atomic mass is 16.6. The summed E-state index contributed by atoms with van der Waals surface area (Å²) in [4.78, 5) is 26.7. The smallest absolute Gasteiger partial charge is 0.342 e. The minimum absolute atomic E-state index is 0.0493. The van der Waals surface area contributed by atoms with E-state index in [0.29, 0.717) is 31.3 Å². The van der Waals surface area contributed by atoms with Crippen molar-refractivity contribution in [1.82, 2.24) is 4.90 Å². The second-order valence-corrected chi connectivity index (χ2v) is 7.24. The number of carbonyl (C=O) groups is 2. The molecule has 7 heteroatoms. The predicted molar refractivity (Wildman–Crippen MR) is 104 cm³/mol. The predicted octanol–water partition coefficient (Wildman–Crippen LogP) is 2.99. The first kappa shape index (κ1) is 19.1. The van der Waals surface area contributed by atoms with Gasteiger partial charge in [0.25, 0.3) is 5.91 Å². The zero-order valence-corrected chi connectivity index (χ0v) is 16.2. The van der Waals surface area contributed by atoms with Gasteiger partial charge in [-0.2, -0.15) is 0 Å². The lowest BCUT2D eigenvalue weighted by Crippen LogP contribution is -2.34. The molecule has 1 N–H and O–H groups in total. The number of likely N-dealkylation sites (tertiary alicyclic amines) is 1. The standard InChI is InChI=1S/C22H23NO6/c1-14-4-6-16(18(24)11-14)22(26)29-13-21(25)23-8-2-3-17(23)15-5-7-19-20(12-15)28-10-9-27-19/h4-7,11-12,17,24H,2-3,8-10,13H2,1H3. The van der Waals surface area contributed by atoms with Crippen LogP contribution in [-0.4, -0.2) is 48.2 Å². The van der Waals surface area contributed by atoms with Crippen molar-refractivity contribution in [1.29, 1.82) is 0 Å². The molecule has 0 saturated carbocycles. The van der Waals surface area contributed by atoms with Crippen molar-refractivity contribution < 1.29 is 28.9 Å². The number of carbonyl (C=O) groups excluding carboxylic acids is 2. The summed E-state index contributed by atoms with van der Waals surface area (Å²) in [5, 5.41) is 9.91. The summed E-state index contributed by atoms with van der Waals surface area (Å²) < 4.78 is 16.4. The normalized spacial score (nSPS) is 17.8. The number of phenolic OH excluding ortho intramolecular Hbond substituents is 1. The van der Waals surface area contributed by atoms with Crippen molar-refractivity contribution >= 4 is 11.9 Å². The monoisotopic (exact) mass is 397 g/mol. The molecular formula is C22H23NO6. The SMILES string of the molecule is Cc1ccc(C(=O)OCC(=O)N2CCCC2c2ccc3c(c2)OCCO3)c(O)c1. The molecule has 0 aliphatic carbocycles. The van der Waals surface area contributed by atoms with E-state index in [0.717, 1.165) is 24.0 Å². The van der Waals surface area contributed by atoms with Crippen LogP contribution in [0.25, 0.3) is 0 Å². The number of hydrogen-bond acceptors (Lipinski definition) is 6. The van der Waals surface area contributed by atoms with Crippen LogP contribution < -0.4 is 9.47 Å². The fourth-order valence-electron chi connectivity index (χ4n) is 3.78. The molecule has 2 heterocycles. The number of benzene rings is 2. The molecule has 4 rings (SSSR count). The first-order chi connectivity index (χ1) is 14.0. The van der Waals surface area contributed by atoms with Crippen LogP contribution in [0.4, 0.5) is 0 Å². The molecular weight excluding hydrogens is 374 g/mol. The van der Waals surface area contributed by atoms with Crippen LogP contribution in [0.2, 0.25) is 0 Å². The van der Waals surface area contributed by atoms with Crippen molar-refractivity contribution in [3.05, 3.63) is 53.1 Å². The largest absolute Gasteiger partial charge is 0.507 e. The summed E-state index contributed by atoms with van der Waals surface area (Å²) in [6.45, 7) is 3.08. The van der Waals surface area contributed by atoms with Crippen LogP contribution in [-0.2, 0) is 9.53 Å². The number of ether oxygens (including phenoxy) is 3. The third kappa shape index (κ3) is 3.99. The van der Waals surface area contributed by atoms with Gasteiger partial charge in [0.2, 0.25) is 0 Å². The third-order valence-electron chi connectivity index (χ3n) is 5.22. The van der Waals surface area contributed by atoms with Gasteiger partial charge in [0, 0.05) is 6.54 Å². The topological polar surface area (TPSA) is 85.3 Å². The molecule has 1 unspecified atom stereocenters. The maximum atomic E-state index is 12.7. The molecule has 2 aromatic carbocycles. The zero-order valence-electron chi connectivity index (χ0n) is 16.2. The van der Waals surface area contributed by atoms with Crippen molar-refractivity contribution in [2.24, 2.45) is 0 Å². The lowest BCUT2D eigenvalue weighted by Gasteiger charge is -2.26. The molecule has 1 fully saturated rings. The number of phenols is 1. The number of nitrogens with zero attached hydrogens (tertiary/aromatic N) is 1. The Labute approximate surface area is 168 Å². The maximum Gasteiger partial charge on any atom is 0.342 e. The van der Waals surface area contributed by atoms with E-state index in [1.165, 1.54) is 12.1 Å². The molecule has 1 atom stereocenters. The molecule has 0 radical (unpaired) electrons. The van der Waals surface area contributed by atoms with Gasteiger partial charge in [0.1, 0.15) is 24.5 Å². The Morgan fingerprint density at radius 3 is 2.72 bits per heavy atom. The number of rotatable bonds is 4. The third-order valence-corrected chi connectivity index (χ3v) is 5.22. The van der Waals surface area contributed by atoms with Gasteiger partial charge < -0.3 is 24.2 Å². The average molecular weight is 397 g/mol. The highest BCUT2D eigenvalue weighted by Gasteiger charge is 2.31. The highest BCUT2D eigenvalue weighted by Crippen LogP contribution is 2.38. The number of amides is 1. The van der Waals surface area contributed by atoms with Crippen LogP contribution in [0.3, 0.4) is 0 Å². The van der Waals surface area contributed by atoms with Gasteiger partial charge in [-0.15, -0.1) is 0 Å². The highest BCUT2D eigenvalue weighted by molar-refractivity contribution is 5.94. The second kappa shape index (κ2) is 8.03. The van der Waals surface area contributed by atoms with Gasteiger partial charge in [-0.05, 0) is 55.2 Å². The van der Waals surface area contributed by atoms with Crippen LogP contribution in [0.5, 0.6) is 17.2 Å². The summed E-state index contributed by atoms with van der Waals surface area (Å²) in [5.74, 6) is 0.267. The van der Waals surface area contributed by atoms with Gasteiger partial charge in [-0.3, -0.25) is 4.79 Å². The van der Waals surface area contributed by atoms with E-state index in [2.05, 4.69) is 0 Å². The Kier molecular flexibility index (Phi) is 5.29. The number of aryl methyl sites for hydroxylation is 1. The van der Waals surface area contributed by atoms with E-state index in [4.69, 9.17) is 14.2 Å². The first-order valence-electron chi connectivity index (χ1n) is 9.68. The fourth-order valence-corrected chi connectivity index (χ4v) is 3.78. The van der Waals surface area contributed by atoms with Crippen LogP contribution in [0.1, 0.15) is 40.4 Å². The number of esters is 1. The van der Waals surface area contributed by atoms with Crippen molar-refractivity contribution in [2.45, 2.75) is 25.8 Å². The van der Waals surface area contributed by atoms with Gasteiger partial charge in [0.05, 0.1) is 6.04 Å². The molecule has 29 heavy (non-hydrogen) atoms. The molecule has 152 valence electrons. The molecule has 1 saturated heterocycles. The number of aromatic hydroxyl groups is 1. The molecule has 2 aliphatic heterocycles. The van der Waals surface area contributed by atoms with E-state index in [-0.39, 0.29) is 29.9 Å². The summed E-state index contributed by atoms with van der Waals surface area (Å²) >= 11 is 0. The van der Waals surface area contributed by atoms with E-state index in [1.807, 2.05) is 25.1 Å². The number of fused-ring (bicyclic) bond motifs is 1. The fraction of sp³-hybridized carbons (Fsp3) is 0.364. The van der Waals surface area contributed by atoms with Gasteiger partial charge in [0.15, 0.2) is 18.1 Å². The summed E-state index contributed by atoms with van der Waals surface area (Å²) in [7, 11) is 0. The minimum atomic E-state index is -0.717. The van der Waals surface area contributed by atoms with Gasteiger partial charge >= 0.3 is 5.97 Å². The molecule has 2 aromatic rings. The van der Waals surface area contributed by atoms with E-state index < -0.39 is 5.97 Å². The zero-order chi connectivity index (χ0) is 20.4. The molecule has 1 amide bonds. The van der Waals surface area contributed by atoms with Crippen LogP contribution >= 0.6 is 0 Å². The molecule has 0 bridgehead atoms. The van der Waals surface area contributed by atoms with Crippen molar-refractivity contribution in [3.63, 3.8) is 0 Å². The number of hydrogen-bond donors (Lipinski definition) is 1. The van der Waals surface area contributed by atoms with E-state index in [9.17, 15) is 14.7 Å². The Morgan fingerprint density at radius 2 is 1.93 bits per heavy atom. The Morgan fingerprint density at radius 1 is 1.14 bits per heavy atom. The molecule has 2 aliphatic rings. The van der Waals surface area contributed by atoms with Crippen LogP contribution in [0, 0.1) is 6.92 Å². The second-order valence-electron chi connectivity index (χ2n) is 7.24. The van der Waals surface area contributed by atoms with E-state index in [1.54, 1.807) is 11.0 Å². The average Bonchev–Trinajstić information content (AvgIpc) is 3.21. The first-order valence-corrected chi connectivity index (χ1v) is 9.68. The quantitative estimate of drug-likeness (QED) is 0.799. The Balaban J connectivity index is 1.42. The van der Waals surface area contributed by atoms with Crippen molar-refractivity contribution in [2.75, 3.05) is 26.4 Å². The van der Waals surface area contributed by atoms with Gasteiger partial charge in [-0.25, -0.2) is 4.79 Å².